The number of rotatable bonds is 1. The Kier molecular flexibility index (Phi) is 3.76. The first-order valence-corrected chi connectivity index (χ1v) is 6.59. The molecule has 0 aliphatic heterocycles. The second kappa shape index (κ2) is 4.96. The summed E-state index contributed by atoms with van der Waals surface area (Å²) in [5.74, 6) is -0.479. The largest absolute Gasteiger partial charge is 0.506 e. The average molecular weight is 380 g/mol. The van der Waals surface area contributed by atoms with Gasteiger partial charge in [0.1, 0.15) is 11.6 Å². The highest BCUT2D eigenvalue weighted by Gasteiger charge is 2.13. The zero-order chi connectivity index (χ0) is 12.6. The fourth-order valence-electron chi connectivity index (χ4n) is 1.48. The van der Waals surface area contributed by atoms with Crippen molar-refractivity contribution < 1.29 is 9.50 Å². The van der Waals surface area contributed by atoms with Gasteiger partial charge in [0, 0.05) is 20.6 Å². The highest BCUT2D eigenvalue weighted by atomic mass is 79.9. The van der Waals surface area contributed by atoms with Crippen LogP contribution in [0.2, 0.25) is 5.02 Å². The van der Waals surface area contributed by atoms with E-state index in [4.69, 9.17) is 11.6 Å². The maximum atomic E-state index is 13.8. The molecule has 0 amide bonds. The van der Waals surface area contributed by atoms with Crippen LogP contribution in [0.1, 0.15) is 0 Å². The summed E-state index contributed by atoms with van der Waals surface area (Å²) in [5, 5.41) is 10.2. The highest BCUT2D eigenvalue weighted by Crippen LogP contribution is 2.39. The first kappa shape index (κ1) is 12.9. The summed E-state index contributed by atoms with van der Waals surface area (Å²) in [7, 11) is 0. The van der Waals surface area contributed by atoms with E-state index in [0.29, 0.717) is 20.6 Å². The molecule has 0 unspecified atom stereocenters. The van der Waals surface area contributed by atoms with Gasteiger partial charge in [0.05, 0.1) is 4.47 Å². The molecule has 88 valence electrons. The van der Waals surface area contributed by atoms with Gasteiger partial charge in [-0.1, -0.05) is 27.5 Å². The molecule has 0 radical (unpaired) electrons. The summed E-state index contributed by atoms with van der Waals surface area (Å²) in [6.07, 6.45) is 0. The number of hydrogen-bond donors (Lipinski definition) is 1. The van der Waals surface area contributed by atoms with Crippen LogP contribution in [0.5, 0.6) is 5.75 Å². The predicted molar refractivity (Wildman–Crippen MR) is 73.9 cm³/mol. The van der Waals surface area contributed by atoms with Crippen molar-refractivity contribution in [1.82, 2.24) is 0 Å². The molecule has 0 saturated carbocycles. The maximum absolute atomic E-state index is 13.8. The molecule has 0 fully saturated rings. The van der Waals surface area contributed by atoms with Crippen LogP contribution in [0.25, 0.3) is 11.1 Å². The average Bonchev–Trinajstić information content (AvgIpc) is 2.24. The SMILES string of the molecule is Oc1c(Br)cc(Br)cc1-c1ccc(Cl)cc1F. The Morgan fingerprint density at radius 2 is 1.76 bits per heavy atom. The Labute approximate surface area is 119 Å². The van der Waals surface area contributed by atoms with E-state index in [2.05, 4.69) is 31.9 Å². The Morgan fingerprint density at radius 3 is 2.41 bits per heavy atom. The lowest BCUT2D eigenvalue weighted by molar-refractivity contribution is 0.473. The Bertz CT molecular complexity index is 587. The van der Waals surface area contributed by atoms with Gasteiger partial charge in [-0.25, -0.2) is 4.39 Å². The Morgan fingerprint density at radius 1 is 1.06 bits per heavy atom. The molecule has 2 aromatic rings. The third kappa shape index (κ3) is 2.64. The van der Waals surface area contributed by atoms with Crippen molar-refractivity contribution >= 4 is 43.5 Å². The van der Waals surface area contributed by atoms with Crippen LogP contribution < -0.4 is 0 Å². The number of phenolic OH excluding ortho intramolecular Hbond substituents is 1. The molecule has 2 aromatic carbocycles. The fraction of sp³-hybridized carbons (Fsp3) is 0. The number of halogens is 4. The Hall–Kier alpha value is -0.580. The molecule has 0 aromatic heterocycles. The van der Waals surface area contributed by atoms with E-state index >= 15 is 0 Å². The molecule has 2 rings (SSSR count). The summed E-state index contributed by atoms with van der Waals surface area (Å²) >= 11 is 12.2. The van der Waals surface area contributed by atoms with Gasteiger partial charge in [0.2, 0.25) is 0 Å². The lowest BCUT2D eigenvalue weighted by Gasteiger charge is -2.09. The van der Waals surface area contributed by atoms with Gasteiger partial charge in [-0.2, -0.15) is 0 Å². The lowest BCUT2D eigenvalue weighted by Crippen LogP contribution is -1.86. The van der Waals surface area contributed by atoms with E-state index in [9.17, 15) is 9.50 Å². The second-order valence-corrected chi connectivity index (χ2v) is 5.61. The van der Waals surface area contributed by atoms with Crippen molar-refractivity contribution in [3.05, 3.63) is 50.1 Å². The topological polar surface area (TPSA) is 20.2 Å². The van der Waals surface area contributed by atoms with Crippen LogP contribution in [-0.4, -0.2) is 5.11 Å². The van der Waals surface area contributed by atoms with E-state index in [-0.39, 0.29) is 5.75 Å². The number of phenols is 1. The van der Waals surface area contributed by atoms with Crippen molar-refractivity contribution in [3.8, 4) is 16.9 Å². The number of aromatic hydroxyl groups is 1. The molecular formula is C12H6Br2ClFO. The van der Waals surface area contributed by atoms with Crippen molar-refractivity contribution in [2.24, 2.45) is 0 Å². The fourth-order valence-corrected chi connectivity index (χ4v) is 2.86. The molecule has 1 nitrogen and oxygen atoms in total. The highest BCUT2D eigenvalue weighted by molar-refractivity contribution is 9.11. The Balaban J connectivity index is 2.68. The summed E-state index contributed by atoms with van der Waals surface area (Å²) in [4.78, 5) is 0. The van der Waals surface area contributed by atoms with E-state index in [0.717, 1.165) is 4.47 Å². The minimum atomic E-state index is -0.474. The lowest BCUT2D eigenvalue weighted by atomic mass is 10.0. The molecule has 0 heterocycles. The summed E-state index contributed by atoms with van der Waals surface area (Å²) in [6, 6.07) is 7.66. The third-order valence-electron chi connectivity index (χ3n) is 2.25. The molecule has 17 heavy (non-hydrogen) atoms. The maximum Gasteiger partial charge on any atom is 0.137 e. The van der Waals surface area contributed by atoms with Gasteiger partial charge in [-0.05, 0) is 46.3 Å². The van der Waals surface area contributed by atoms with Gasteiger partial charge >= 0.3 is 0 Å². The van der Waals surface area contributed by atoms with E-state index in [1.807, 2.05) is 0 Å². The molecule has 0 spiro atoms. The van der Waals surface area contributed by atoms with Crippen molar-refractivity contribution in [2.75, 3.05) is 0 Å². The van der Waals surface area contributed by atoms with Gasteiger partial charge in [-0.3, -0.25) is 0 Å². The standard InChI is InChI=1S/C12H6Br2ClFO/c13-6-3-9(12(17)10(14)4-6)8-2-1-7(15)5-11(8)16/h1-5,17H. The van der Waals surface area contributed by atoms with Crippen molar-refractivity contribution in [2.45, 2.75) is 0 Å². The van der Waals surface area contributed by atoms with Crippen LogP contribution in [0, 0.1) is 5.82 Å². The molecular weight excluding hydrogens is 374 g/mol. The third-order valence-corrected chi connectivity index (χ3v) is 3.55. The predicted octanol–water partition coefficient (Wildman–Crippen LogP) is 5.38. The van der Waals surface area contributed by atoms with Crippen LogP contribution in [-0.2, 0) is 0 Å². The minimum absolute atomic E-state index is 0.00516. The van der Waals surface area contributed by atoms with E-state index in [1.54, 1.807) is 18.2 Å². The van der Waals surface area contributed by atoms with Gasteiger partial charge in [0.25, 0.3) is 0 Å². The summed E-state index contributed by atoms with van der Waals surface area (Å²) in [6.45, 7) is 0. The molecule has 0 bridgehead atoms. The smallest absolute Gasteiger partial charge is 0.137 e. The number of hydrogen-bond acceptors (Lipinski definition) is 1. The summed E-state index contributed by atoms with van der Waals surface area (Å²) < 4.78 is 15.0. The first-order valence-electron chi connectivity index (χ1n) is 4.62. The van der Waals surface area contributed by atoms with Crippen molar-refractivity contribution in [3.63, 3.8) is 0 Å². The van der Waals surface area contributed by atoms with Crippen LogP contribution in [0.4, 0.5) is 4.39 Å². The normalized spacial score (nSPS) is 10.6. The second-order valence-electron chi connectivity index (χ2n) is 3.41. The zero-order valence-electron chi connectivity index (χ0n) is 8.35. The molecule has 5 heteroatoms. The number of benzene rings is 2. The quantitative estimate of drug-likeness (QED) is 0.705. The first-order chi connectivity index (χ1) is 7.99. The summed E-state index contributed by atoms with van der Waals surface area (Å²) in [5.41, 5.74) is 0.703. The molecule has 0 aliphatic carbocycles. The van der Waals surface area contributed by atoms with Crippen molar-refractivity contribution in [1.29, 1.82) is 0 Å². The minimum Gasteiger partial charge on any atom is -0.506 e. The van der Waals surface area contributed by atoms with E-state index < -0.39 is 5.82 Å². The van der Waals surface area contributed by atoms with Crippen LogP contribution >= 0.6 is 43.5 Å². The van der Waals surface area contributed by atoms with Crippen LogP contribution in [0.15, 0.2) is 39.3 Å². The zero-order valence-corrected chi connectivity index (χ0v) is 12.3. The van der Waals surface area contributed by atoms with Gasteiger partial charge in [0.15, 0.2) is 0 Å². The van der Waals surface area contributed by atoms with Gasteiger partial charge < -0.3 is 5.11 Å². The molecule has 0 atom stereocenters. The van der Waals surface area contributed by atoms with E-state index in [1.165, 1.54) is 12.1 Å². The molecule has 1 N–H and O–H groups in total. The molecule has 0 aliphatic rings. The van der Waals surface area contributed by atoms with Gasteiger partial charge in [-0.15, -0.1) is 0 Å². The monoisotopic (exact) mass is 378 g/mol. The van der Waals surface area contributed by atoms with Crippen LogP contribution in [0.3, 0.4) is 0 Å². The molecule has 0 saturated heterocycles.